The minimum absolute atomic E-state index is 0.209. The van der Waals surface area contributed by atoms with Crippen molar-refractivity contribution in [1.82, 2.24) is 10.2 Å². The summed E-state index contributed by atoms with van der Waals surface area (Å²) in [5, 5.41) is 8.86. The van der Waals surface area contributed by atoms with Gasteiger partial charge in [0.15, 0.2) is 0 Å². The Balaban J connectivity index is 1.41. The summed E-state index contributed by atoms with van der Waals surface area (Å²) in [5.74, 6) is 0.445. The van der Waals surface area contributed by atoms with Gasteiger partial charge in [-0.15, -0.1) is 0 Å². The monoisotopic (exact) mass is 434 g/mol. The van der Waals surface area contributed by atoms with Crippen molar-refractivity contribution >= 4 is 35.0 Å². The van der Waals surface area contributed by atoms with Crippen molar-refractivity contribution in [2.45, 2.75) is 12.8 Å². The topological polar surface area (TPSA) is 82.7 Å². The predicted molar refractivity (Wildman–Crippen MR) is 115 cm³/mol. The van der Waals surface area contributed by atoms with E-state index in [1.54, 1.807) is 23.1 Å². The molecule has 7 nitrogen and oxygen atoms in total. The van der Waals surface area contributed by atoms with Crippen LogP contribution < -0.4 is 20.7 Å². The third-order valence-corrected chi connectivity index (χ3v) is 5.19. The molecule has 30 heavy (non-hydrogen) atoms. The fraction of sp³-hybridized carbons (Fsp3) is 0.333. The van der Waals surface area contributed by atoms with Crippen LogP contribution in [0.15, 0.2) is 42.5 Å². The number of piperidine rings is 1. The van der Waals surface area contributed by atoms with E-state index in [1.807, 2.05) is 0 Å². The van der Waals surface area contributed by atoms with E-state index in [-0.39, 0.29) is 23.8 Å². The number of carbonyl (C=O) groups excluding carboxylic acids is 2. The number of halogens is 2. The molecule has 0 aromatic heterocycles. The predicted octanol–water partition coefficient (Wildman–Crippen LogP) is 4.55. The van der Waals surface area contributed by atoms with Gasteiger partial charge in [0.1, 0.15) is 11.6 Å². The summed E-state index contributed by atoms with van der Waals surface area (Å²) in [5.41, 5.74) is 1.05. The number of anilines is 2. The first-order valence-electron chi connectivity index (χ1n) is 9.64. The van der Waals surface area contributed by atoms with Crippen molar-refractivity contribution in [1.29, 1.82) is 0 Å². The number of methoxy groups -OCH3 is 1. The molecular weight excluding hydrogens is 411 g/mol. The molecule has 1 fully saturated rings. The number of urea groups is 2. The van der Waals surface area contributed by atoms with Crippen molar-refractivity contribution < 1.29 is 18.7 Å². The van der Waals surface area contributed by atoms with Crippen LogP contribution in [0, 0.1) is 11.7 Å². The highest BCUT2D eigenvalue weighted by molar-refractivity contribution is 6.31. The maximum absolute atomic E-state index is 13.0. The molecule has 9 heteroatoms. The first-order valence-corrected chi connectivity index (χ1v) is 10.0. The molecule has 2 aromatic rings. The highest BCUT2D eigenvalue weighted by atomic mass is 35.5. The van der Waals surface area contributed by atoms with E-state index in [2.05, 4.69) is 16.0 Å². The lowest BCUT2D eigenvalue weighted by Crippen LogP contribution is -2.43. The van der Waals surface area contributed by atoms with Crippen LogP contribution in [0.2, 0.25) is 5.02 Å². The van der Waals surface area contributed by atoms with Crippen LogP contribution in [0.3, 0.4) is 0 Å². The van der Waals surface area contributed by atoms with E-state index in [9.17, 15) is 14.0 Å². The summed E-state index contributed by atoms with van der Waals surface area (Å²) < 4.78 is 18.2. The van der Waals surface area contributed by atoms with Gasteiger partial charge in [-0.3, -0.25) is 0 Å². The molecule has 0 unspecified atom stereocenters. The van der Waals surface area contributed by atoms with E-state index in [0.29, 0.717) is 41.8 Å². The van der Waals surface area contributed by atoms with Gasteiger partial charge in [-0.05, 0) is 61.2 Å². The first-order chi connectivity index (χ1) is 14.4. The molecule has 0 aliphatic carbocycles. The Morgan fingerprint density at radius 3 is 2.50 bits per heavy atom. The number of likely N-dealkylation sites (tertiary alicyclic amines) is 1. The Hall–Kier alpha value is -3.00. The van der Waals surface area contributed by atoms with Gasteiger partial charge in [0.25, 0.3) is 0 Å². The molecule has 0 spiro atoms. The lowest BCUT2D eigenvalue weighted by molar-refractivity contribution is 0.181. The van der Waals surface area contributed by atoms with Gasteiger partial charge in [0.2, 0.25) is 0 Å². The van der Waals surface area contributed by atoms with E-state index in [4.69, 9.17) is 16.3 Å². The van der Waals surface area contributed by atoms with Gasteiger partial charge in [-0.2, -0.15) is 0 Å². The van der Waals surface area contributed by atoms with Crippen molar-refractivity contribution in [2.75, 3.05) is 37.4 Å². The molecule has 1 saturated heterocycles. The third-order valence-electron chi connectivity index (χ3n) is 4.96. The fourth-order valence-electron chi connectivity index (χ4n) is 3.26. The van der Waals surface area contributed by atoms with E-state index in [0.717, 1.165) is 12.8 Å². The van der Waals surface area contributed by atoms with E-state index in [1.165, 1.54) is 31.4 Å². The van der Waals surface area contributed by atoms with Crippen molar-refractivity contribution in [3.8, 4) is 5.75 Å². The lowest BCUT2D eigenvalue weighted by atomic mass is 9.97. The SMILES string of the molecule is COc1ccc(Cl)cc1NC(=O)NCC1CCN(C(=O)Nc2ccc(F)cc2)CC1. The molecule has 3 N–H and O–H groups in total. The summed E-state index contributed by atoms with van der Waals surface area (Å²) in [7, 11) is 1.52. The maximum atomic E-state index is 13.0. The number of rotatable bonds is 5. The zero-order valence-corrected chi connectivity index (χ0v) is 17.3. The molecule has 4 amide bonds. The fourth-order valence-corrected chi connectivity index (χ4v) is 3.43. The second-order valence-corrected chi connectivity index (χ2v) is 7.48. The zero-order chi connectivity index (χ0) is 21.5. The quantitative estimate of drug-likeness (QED) is 0.645. The van der Waals surface area contributed by atoms with Crippen molar-refractivity contribution in [3.63, 3.8) is 0 Å². The highest BCUT2D eigenvalue weighted by Crippen LogP contribution is 2.27. The molecule has 160 valence electrons. The smallest absolute Gasteiger partial charge is 0.321 e. The number of carbonyl (C=O) groups is 2. The van der Waals surface area contributed by atoms with Gasteiger partial charge < -0.3 is 25.6 Å². The minimum Gasteiger partial charge on any atom is -0.495 e. The number of ether oxygens (including phenoxy) is 1. The molecule has 0 atom stereocenters. The molecule has 0 radical (unpaired) electrons. The zero-order valence-electron chi connectivity index (χ0n) is 16.6. The van der Waals surface area contributed by atoms with Crippen molar-refractivity contribution in [3.05, 3.63) is 53.3 Å². The maximum Gasteiger partial charge on any atom is 0.321 e. The number of hydrogen-bond acceptors (Lipinski definition) is 3. The largest absolute Gasteiger partial charge is 0.495 e. The Labute approximate surface area is 179 Å². The standard InChI is InChI=1S/C21H24ClFN4O3/c1-30-19-7-2-15(22)12-18(19)26-20(28)24-13-14-8-10-27(11-9-14)21(29)25-17-5-3-16(23)4-6-17/h2-7,12,14H,8-11,13H2,1H3,(H,25,29)(H2,24,26,28). The van der Waals surface area contributed by atoms with Crippen LogP contribution in [0.25, 0.3) is 0 Å². The van der Waals surface area contributed by atoms with E-state index < -0.39 is 0 Å². The summed E-state index contributed by atoms with van der Waals surface area (Å²) in [6.45, 7) is 1.67. The molecule has 2 aromatic carbocycles. The van der Waals surface area contributed by atoms with Crippen LogP contribution in [-0.2, 0) is 0 Å². The third kappa shape index (κ3) is 6.00. The van der Waals surface area contributed by atoms with Crippen molar-refractivity contribution in [2.24, 2.45) is 5.92 Å². The van der Waals surface area contributed by atoms with Gasteiger partial charge in [0, 0.05) is 30.3 Å². The molecule has 0 saturated carbocycles. The van der Waals surface area contributed by atoms with Crippen LogP contribution in [0.4, 0.5) is 25.4 Å². The summed E-state index contributed by atoms with van der Waals surface area (Å²) in [4.78, 5) is 26.3. The highest BCUT2D eigenvalue weighted by Gasteiger charge is 2.23. The summed E-state index contributed by atoms with van der Waals surface area (Å²) in [6.07, 6.45) is 1.55. The summed E-state index contributed by atoms with van der Waals surface area (Å²) in [6, 6.07) is 10.1. The normalized spacial score (nSPS) is 14.2. The average molecular weight is 435 g/mol. The van der Waals surface area contributed by atoms with Crippen LogP contribution in [0.5, 0.6) is 5.75 Å². The number of benzene rings is 2. The van der Waals surface area contributed by atoms with Crippen LogP contribution in [0.1, 0.15) is 12.8 Å². The van der Waals surface area contributed by atoms with Gasteiger partial charge in [-0.25, -0.2) is 14.0 Å². The number of nitrogens with one attached hydrogen (secondary N) is 3. The molecule has 1 aliphatic heterocycles. The Morgan fingerprint density at radius 2 is 1.83 bits per heavy atom. The molecule has 1 heterocycles. The minimum atomic E-state index is -0.348. The molecule has 0 bridgehead atoms. The van der Waals surface area contributed by atoms with Gasteiger partial charge in [0.05, 0.1) is 12.8 Å². The second kappa shape index (κ2) is 10.2. The van der Waals surface area contributed by atoms with Gasteiger partial charge >= 0.3 is 12.1 Å². The number of nitrogens with zero attached hydrogens (tertiary/aromatic N) is 1. The Kier molecular flexibility index (Phi) is 7.35. The summed E-state index contributed by atoms with van der Waals surface area (Å²) >= 11 is 5.97. The second-order valence-electron chi connectivity index (χ2n) is 7.05. The number of hydrogen-bond donors (Lipinski definition) is 3. The molecule has 1 aliphatic rings. The molecule has 3 rings (SSSR count). The van der Waals surface area contributed by atoms with E-state index >= 15 is 0 Å². The van der Waals surface area contributed by atoms with Crippen LogP contribution in [-0.4, -0.2) is 43.7 Å². The first kappa shape index (κ1) is 21.7. The van der Waals surface area contributed by atoms with Crippen LogP contribution >= 0.6 is 11.6 Å². The Bertz CT molecular complexity index is 886. The average Bonchev–Trinajstić information content (AvgIpc) is 2.74. The van der Waals surface area contributed by atoms with Gasteiger partial charge in [-0.1, -0.05) is 11.6 Å². The lowest BCUT2D eigenvalue weighted by Gasteiger charge is -2.32. The number of amides is 4. The Morgan fingerprint density at radius 1 is 1.13 bits per heavy atom. The molecular formula is C21H24ClFN4O3.